The van der Waals surface area contributed by atoms with Crippen LogP contribution in [0.15, 0.2) is 0 Å². The summed E-state index contributed by atoms with van der Waals surface area (Å²) in [7, 11) is 2.18. The molecule has 0 aromatic carbocycles. The van der Waals surface area contributed by atoms with Crippen LogP contribution in [-0.2, 0) is 0 Å². The largest absolute Gasteiger partial charge is 0.392 e. The molecule has 1 saturated heterocycles. The summed E-state index contributed by atoms with van der Waals surface area (Å²) in [5.41, 5.74) is 0. The van der Waals surface area contributed by atoms with Gasteiger partial charge in [-0.1, -0.05) is 25.7 Å². The lowest BCUT2D eigenvalue weighted by Crippen LogP contribution is -2.38. The maximum Gasteiger partial charge on any atom is 0.0669 e. The van der Waals surface area contributed by atoms with E-state index in [1.54, 1.807) is 0 Å². The van der Waals surface area contributed by atoms with Crippen molar-refractivity contribution in [2.75, 3.05) is 25.1 Å². The molecule has 2 rings (SSSR count). The van der Waals surface area contributed by atoms with E-state index in [4.69, 9.17) is 0 Å². The fraction of sp³-hybridized carbons (Fsp3) is 1.00. The predicted molar refractivity (Wildman–Crippen MR) is 70.9 cm³/mol. The highest BCUT2D eigenvalue weighted by Crippen LogP contribution is 2.29. The van der Waals surface area contributed by atoms with Gasteiger partial charge in [0, 0.05) is 18.3 Å². The lowest BCUT2D eigenvalue weighted by atomic mass is 9.99. The highest BCUT2D eigenvalue weighted by atomic mass is 32.2. The minimum absolute atomic E-state index is 0.0984. The second-order valence-electron chi connectivity index (χ2n) is 5.50. The summed E-state index contributed by atoms with van der Waals surface area (Å²) in [4.78, 5) is 2.37. The molecule has 1 N–H and O–H groups in total. The number of likely N-dealkylation sites (N-methyl/N-ethyl adjacent to an activating group) is 1. The molecule has 1 aliphatic carbocycles. The molecule has 0 bridgehead atoms. The second-order valence-corrected chi connectivity index (χ2v) is 6.65. The Hall–Kier alpha value is 0.270. The molecule has 0 aromatic heterocycles. The Labute approximate surface area is 104 Å². The number of hydrogen-bond donors (Lipinski definition) is 1. The molecule has 2 unspecified atom stereocenters. The molecule has 1 aliphatic heterocycles. The average molecular weight is 243 g/mol. The Morgan fingerprint density at radius 3 is 2.69 bits per heavy atom. The minimum atomic E-state index is -0.0984. The van der Waals surface area contributed by atoms with Crippen molar-refractivity contribution in [3.8, 4) is 0 Å². The number of aliphatic hydroxyl groups is 1. The van der Waals surface area contributed by atoms with E-state index in [9.17, 15) is 5.11 Å². The molecule has 0 spiro atoms. The van der Waals surface area contributed by atoms with Gasteiger partial charge in [-0.05, 0) is 31.6 Å². The molecule has 1 saturated carbocycles. The van der Waals surface area contributed by atoms with E-state index in [1.165, 1.54) is 43.6 Å². The number of nitrogens with zero attached hydrogens (tertiary/aromatic N) is 1. The number of thioether (sulfide) groups is 1. The van der Waals surface area contributed by atoms with Crippen LogP contribution in [0.1, 0.15) is 38.5 Å². The Kier molecular flexibility index (Phi) is 4.98. The van der Waals surface area contributed by atoms with Gasteiger partial charge in [0.1, 0.15) is 0 Å². The SMILES string of the molecule is CN(CC(O)CC1CCCC1)C1CCSC1. The molecule has 3 heteroatoms. The van der Waals surface area contributed by atoms with Crippen molar-refractivity contribution in [3.63, 3.8) is 0 Å². The van der Waals surface area contributed by atoms with E-state index in [0.29, 0.717) is 6.04 Å². The van der Waals surface area contributed by atoms with Crippen molar-refractivity contribution in [2.24, 2.45) is 5.92 Å². The molecule has 2 aliphatic rings. The van der Waals surface area contributed by atoms with Gasteiger partial charge in [0.25, 0.3) is 0 Å². The molecule has 2 atom stereocenters. The van der Waals surface area contributed by atoms with Gasteiger partial charge in [-0.25, -0.2) is 0 Å². The van der Waals surface area contributed by atoms with Gasteiger partial charge in [0.05, 0.1) is 6.10 Å². The third-order valence-electron chi connectivity index (χ3n) is 4.11. The highest BCUT2D eigenvalue weighted by molar-refractivity contribution is 7.99. The summed E-state index contributed by atoms with van der Waals surface area (Å²) in [5.74, 6) is 3.36. The van der Waals surface area contributed by atoms with Gasteiger partial charge in [-0.3, -0.25) is 0 Å². The van der Waals surface area contributed by atoms with Crippen LogP contribution in [-0.4, -0.2) is 47.3 Å². The number of rotatable bonds is 5. The second kappa shape index (κ2) is 6.27. The predicted octanol–water partition coefficient (Wildman–Crippen LogP) is 2.36. The van der Waals surface area contributed by atoms with Gasteiger partial charge in [0.15, 0.2) is 0 Å². The normalized spacial score (nSPS) is 29.1. The topological polar surface area (TPSA) is 23.5 Å². The van der Waals surface area contributed by atoms with Gasteiger partial charge in [0.2, 0.25) is 0 Å². The summed E-state index contributed by atoms with van der Waals surface area (Å²) >= 11 is 2.05. The van der Waals surface area contributed by atoms with Gasteiger partial charge in [-0.2, -0.15) is 11.8 Å². The van der Waals surface area contributed by atoms with Crippen LogP contribution in [0.3, 0.4) is 0 Å². The molecule has 16 heavy (non-hydrogen) atoms. The summed E-state index contributed by atoms with van der Waals surface area (Å²) in [5, 5.41) is 10.1. The fourth-order valence-corrected chi connectivity index (χ4v) is 4.36. The van der Waals surface area contributed by atoms with Crippen molar-refractivity contribution in [2.45, 2.75) is 50.7 Å². The van der Waals surface area contributed by atoms with Crippen LogP contribution >= 0.6 is 11.8 Å². The Bertz CT molecular complexity index is 200. The summed E-state index contributed by atoms with van der Waals surface area (Å²) in [6.45, 7) is 0.877. The summed E-state index contributed by atoms with van der Waals surface area (Å²) < 4.78 is 0. The Morgan fingerprint density at radius 1 is 1.31 bits per heavy atom. The summed E-state index contributed by atoms with van der Waals surface area (Å²) in [6.07, 6.45) is 7.69. The van der Waals surface area contributed by atoms with E-state index in [2.05, 4.69) is 11.9 Å². The van der Waals surface area contributed by atoms with Crippen LogP contribution in [0, 0.1) is 5.92 Å². The van der Waals surface area contributed by atoms with Crippen LogP contribution < -0.4 is 0 Å². The molecule has 0 amide bonds. The zero-order chi connectivity index (χ0) is 11.4. The van der Waals surface area contributed by atoms with Gasteiger partial charge in [-0.15, -0.1) is 0 Å². The maximum atomic E-state index is 10.1. The summed E-state index contributed by atoms with van der Waals surface area (Å²) in [6, 6.07) is 0.711. The molecular formula is C13H25NOS. The standard InChI is InChI=1S/C13H25NOS/c1-14(12-6-7-16-10-12)9-13(15)8-11-4-2-3-5-11/h11-13,15H,2-10H2,1H3. The highest BCUT2D eigenvalue weighted by Gasteiger charge is 2.24. The average Bonchev–Trinajstić information content (AvgIpc) is 2.88. The van der Waals surface area contributed by atoms with Crippen molar-refractivity contribution in [1.82, 2.24) is 4.90 Å². The molecule has 2 fully saturated rings. The van der Waals surface area contributed by atoms with Crippen LogP contribution in [0.25, 0.3) is 0 Å². The zero-order valence-electron chi connectivity index (χ0n) is 10.4. The van der Waals surface area contributed by atoms with Crippen LogP contribution in [0.2, 0.25) is 0 Å². The maximum absolute atomic E-state index is 10.1. The first kappa shape index (κ1) is 12.7. The third-order valence-corrected chi connectivity index (χ3v) is 5.25. The smallest absolute Gasteiger partial charge is 0.0669 e. The zero-order valence-corrected chi connectivity index (χ0v) is 11.2. The van der Waals surface area contributed by atoms with Crippen LogP contribution in [0.5, 0.6) is 0 Å². The van der Waals surface area contributed by atoms with E-state index in [0.717, 1.165) is 18.9 Å². The van der Waals surface area contributed by atoms with Crippen molar-refractivity contribution >= 4 is 11.8 Å². The molecule has 0 radical (unpaired) electrons. The number of aliphatic hydroxyl groups excluding tert-OH is 1. The third kappa shape index (κ3) is 3.64. The lowest BCUT2D eigenvalue weighted by molar-refractivity contribution is 0.0887. The van der Waals surface area contributed by atoms with Gasteiger partial charge < -0.3 is 10.0 Å². The van der Waals surface area contributed by atoms with Crippen molar-refractivity contribution in [3.05, 3.63) is 0 Å². The lowest BCUT2D eigenvalue weighted by Gasteiger charge is -2.27. The van der Waals surface area contributed by atoms with E-state index < -0.39 is 0 Å². The molecule has 94 valence electrons. The monoisotopic (exact) mass is 243 g/mol. The molecular weight excluding hydrogens is 218 g/mol. The van der Waals surface area contributed by atoms with E-state index in [-0.39, 0.29) is 6.10 Å². The first-order valence-electron chi connectivity index (χ1n) is 6.71. The van der Waals surface area contributed by atoms with E-state index >= 15 is 0 Å². The van der Waals surface area contributed by atoms with E-state index in [1.807, 2.05) is 11.8 Å². The fourth-order valence-electron chi connectivity index (χ4n) is 3.06. The van der Waals surface area contributed by atoms with Crippen molar-refractivity contribution in [1.29, 1.82) is 0 Å². The first-order chi connectivity index (χ1) is 7.75. The molecule has 2 nitrogen and oxygen atoms in total. The molecule has 0 aromatic rings. The van der Waals surface area contributed by atoms with Gasteiger partial charge >= 0.3 is 0 Å². The van der Waals surface area contributed by atoms with Crippen molar-refractivity contribution < 1.29 is 5.11 Å². The quantitative estimate of drug-likeness (QED) is 0.802. The Balaban J connectivity index is 1.66. The Morgan fingerprint density at radius 2 is 2.06 bits per heavy atom. The molecule has 1 heterocycles. The van der Waals surface area contributed by atoms with Crippen LogP contribution in [0.4, 0.5) is 0 Å². The number of hydrogen-bond acceptors (Lipinski definition) is 3. The first-order valence-corrected chi connectivity index (χ1v) is 7.87. The minimum Gasteiger partial charge on any atom is -0.392 e.